The van der Waals surface area contributed by atoms with Crippen LogP contribution in [0.4, 0.5) is 16.6 Å². The Hall–Kier alpha value is -6.35. The second-order valence-corrected chi connectivity index (χ2v) is 12.3. The zero-order valence-corrected chi connectivity index (χ0v) is 28.9. The van der Waals surface area contributed by atoms with E-state index in [4.69, 9.17) is 9.97 Å². The number of anilines is 2. The highest BCUT2D eigenvalue weighted by Crippen LogP contribution is 2.26. The summed E-state index contributed by atoms with van der Waals surface area (Å²) in [4.78, 5) is 29.5. The minimum atomic E-state index is -0.195. The summed E-state index contributed by atoms with van der Waals surface area (Å²) in [6.45, 7) is 3.72. The molecule has 1 atom stereocenters. The van der Waals surface area contributed by atoms with Crippen molar-refractivity contribution in [2.45, 2.75) is 51.7 Å². The number of urea groups is 1. The zero-order chi connectivity index (χ0) is 35.4. The number of carbonyl (C=O) groups is 1. The Balaban J connectivity index is 1.14. The van der Waals surface area contributed by atoms with Crippen molar-refractivity contribution < 1.29 is 4.79 Å². The Bertz CT molecular complexity index is 2050. The normalized spacial score (nSPS) is 11.5. The summed E-state index contributed by atoms with van der Waals surface area (Å²) in [5, 5.41) is 25.0. The second-order valence-electron chi connectivity index (χ2n) is 12.3. The molecule has 2 aromatic carbocycles. The quantitative estimate of drug-likeness (QED) is 0.113. The van der Waals surface area contributed by atoms with Gasteiger partial charge in [-0.2, -0.15) is 15.5 Å². The van der Waals surface area contributed by atoms with Crippen molar-refractivity contribution in [2.75, 3.05) is 16.8 Å². The number of amides is 2. The highest BCUT2D eigenvalue weighted by molar-refractivity contribution is 5.91. The molecule has 12 heteroatoms. The van der Waals surface area contributed by atoms with Crippen LogP contribution in [0.3, 0.4) is 0 Å². The summed E-state index contributed by atoms with van der Waals surface area (Å²) >= 11 is 0. The molecule has 6 rings (SSSR count). The first kappa shape index (κ1) is 34.5. The lowest BCUT2D eigenvalue weighted by Gasteiger charge is -2.31. The molecule has 0 spiro atoms. The van der Waals surface area contributed by atoms with Gasteiger partial charge in [0, 0.05) is 61.5 Å². The Morgan fingerprint density at radius 3 is 2.31 bits per heavy atom. The fourth-order valence-electron chi connectivity index (χ4n) is 5.97. The maximum absolute atomic E-state index is 13.9. The standard InChI is InChI=1S/C39H41N11O/c1-3-11-35(50(39(51)44-21-29-12-6-4-7-13-29)36-18-17-31(22-42-36)33-24-45-48(2)27-33)16-10-19-41-38-43-23-32(20-40)37(47-38)34-25-46-49(28-34)26-30-14-8-5-9-15-30/h4-9,12-15,17-18,22-25,27-28,35H,3,10-11,16,19,21,26H2,1-2H3,(H,44,51)(H,41,43,47)/t35-/m0/s1. The van der Waals surface area contributed by atoms with Crippen molar-refractivity contribution in [2.24, 2.45) is 7.05 Å². The molecule has 4 heterocycles. The van der Waals surface area contributed by atoms with Crippen molar-refractivity contribution in [1.29, 1.82) is 5.26 Å². The molecule has 0 saturated heterocycles. The molecule has 0 saturated carbocycles. The number of aryl methyl sites for hydroxylation is 1. The van der Waals surface area contributed by atoms with Crippen molar-refractivity contribution in [1.82, 2.24) is 39.8 Å². The monoisotopic (exact) mass is 679 g/mol. The first-order valence-corrected chi connectivity index (χ1v) is 17.1. The van der Waals surface area contributed by atoms with Gasteiger partial charge >= 0.3 is 6.03 Å². The maximum atomic E-state index is 13.9. The summed E-state index contributed by atoms with van der Waals surface area (Å²) < 4.78 is 3.58. The topological polar surface area (TPSA) is 142 Å². The van der Waals surface area contributed by atoms with Gasteiger partial charge in [-0.15, -0.1) is 0 Å². The number of benzene rings is 2. The van der Waals surface area contributed by atoms with Crippen molar-refractivity contribution >= 4 is 17.8 Å². The third kappa shape index (κ3) is 9.01. The van der Waals surface area contributed by atoms with Crippen molar-refractivity contribution in [3.8, 4) is 28.5 Å². The van der Waals surface area contributed by atoms with E-state index in [1.165, 1.54) is 0 Å². The Morgan fingerprint density at radius 2 is 1.63 bits per heavy atom. The molecule has 6 aromatic rings. The summed E-state index contributed by atoms with van der Waals surface area (Å²) in [6, 6.07) is 25.7. The van der Waals surface area contributed by atoms with Crippen LogP contribution in [0.5, 0.6) is 0 Å². The first-order valence-electron chi connectivity index (χ1n) is 17.1. The number of hydrogen-bond donors (Lipinski definition) is 2. The minimum Gasteiger partial charge on any atom is -0.354 e. The number of rotatable bonds is 15. The van der Waals surface area contributed by atoms with E-state index < -0.39 is 0 Å². The van der Waals surface area contributed by atoms with Gasteiger partial charge in [0.1, 0.15) is 11.9 Å². The fraction of sp³-hybridized carbons (Fsp3) is 0.256. The van der Waals surface area contributed by atoms with Crippen LogP contribution >= 0.6 is 0 Å². The zero-order valence-electron chi connectivity index (χ0n) is 28.9. The van der Waals surface area contributed by atoms with E-state index in [-0.39, 0.29) is 12.1 Å². The molecular weight excluding hydrogens is 639 g/mol. The van der Waals surface area contributed by atoms with E-state index in [9.17, 15) is 10.1 Å². The van der Waals surface area contributed by atoms with E-state index in [0.29, 0.717) is 42.7 Å². The minimum absolute atomic E-state index is 0.0998. The van der Waals surface area contributed by atoms with Gasteiger partial charge in [0.15, 0.2) is 0 Å². The van der Waals surface area contributed by atoms with E-state index in [0.717, 1.165) is 53.5 Å². The lowest BCUT2D eigenvalue weighted by atomic mass is 10.0. The summed E-state index contributed by atoms with van der Waals surface area (Å²) in [5.41, 5.74) is 5.69. The van der Waals surface area contributed by atoms with Gasteiger partial charge in [-0.1, -0.05) is 74.0 Å². The fourth-order valence-corrected chi connectivity index (χ4v) is 5.97. The average Bonchev–Trinajstić information content (AvgIpc) is 3.82. The highest BCUT2D eigenvalue weighted by Gasteiger charge is 2.26. The molecule has 0 aliphatic rings. The molecule has 0 aliphatic heterocycles. The molecule has 0 fully saturated rings. The molecule has 258 valence electrons. The molecule has 0 bridgehead atoms. The van der Waals surface area contributed by atoms with Gasteiger partial charge in [0.25, 0.3) is 0 Å². The molecule has 12 nitrogen and oxygen atoms in total. The van der Waals surface area contributed by atoms with Gasteiger partial charge in [-0.3, -0.25) is 14.3 Å². The van der Waals surface area contributed by atoms with E-state index in [1.807, 2.05) is 96.9 Å². The predicted octanol–water partition coefficient (Wildman–Crippen LogP) is 6.83. The number of carbonyl (C=O) groups excluding carboxylic acids is 1. The lowest BCUT2D eigenvalue weighted by Crippen LogP contribution is -2.47. The first-order chi connectivity index (χ1) is 25.0. The van der Waals surface area contributed by atoms with Crippen molar-refractivity contribution in [3.63, 3.8) is 0 Å². The van der Waals surface area contributed by atoms with Gasteiger partial charge < -0.3 is 10.6 Å². The Morgan fingerprint density at radius 1 is 0.863 bits per heavy atom. The number of nitrogens with one attached hydrogen (secondary N) is 2. The summed E-state index contributed by atoms with van der Waals surface area (Å²) in [6.07, 6.45) is 13.8. The average molecular weight is 680 g/mol. The molecule has 2 N–H and O–H groups in total. The molecule has 0 unspecified atom stereocenters. The van der Waals surface area contributed by atoms with Crippen LogP contribution in [0.15, 0.2) is 110 Å². The Labute approximate surface area is 297 Å². The highest BCUT2D eigenvalue weighted by atomic mass is 16.2. The number of aromatic nitrogens is 7. The number of nitriles is 1. The van der Waals surface area contributed by atoms with Crippen LogP contribution in [-0.2, 0) is 20.1 Å². The van der Waals surface area contributed by atoms with Gasteiger partial charge in [0.2, 0.25) is 5.95 Å². The molecule has 0 radical (unpaired) electrons. The van der Waals surface area contributed by atoms with Crippen LogP contribution in [-0.4, -0.2) is 53.1 Å². The van der Waals surface area contributed by atoms with Crippen LogP contribution in [0, 0.1) is 11.3 Å². The van der Waals surface area contributed by atoms with Crippen LogP contribution in [0.2, 0.25) is 0 Å². The van der Waals surface area contributed by atoms with Crippen molar-refractivity contribution in [3.05, 3.63) is 127 Å². The van der Waals surface area contributed by atoms with Gasteiger partial charge in [0.05, 0.1) is 36.4 Å². The van der Waals surface area contributed by atoms with Crippen LogP contribution in [0.25, 0.3) is 22.4 Å². The third-order valence-electron chi connectivity index (χ3n) is 8.53. The molecular formula is C39H41N11O. The summed E-state index contributed by atoms with van der Waals surface area (Å²) in [5.74, 6) is 1.02. The smallest absolute Gasteiger partial charge is 0.323 e. The van der Waals surface area contributed by atoms with Crippen LogP contribution in [0.1, 0.15) is 49.3 Å². The Kier molecular flexibility index (Phi) is 11.4. The molecule has 4 aromatic heterocycles. The van der Waals surface area contributed by atoms with E-state index >= 15 is 0 Å². The molecule has 0 aliphatic carbocycles. The van der Waals surface area contributed by atoms with Crippen LogP contribution < -0.4 is 15.5 Å². The molecule has 51 heavy (non-hydrogen) atoms. The predicted molar refractivity (Wildman–Crippen MR) is 198 cm³/mol. The maximum Gasteiger partial charge on any atom is 0.323 e. The number of pyridine rings is 1. The number of hydrogen-bond acceptors (Lipinski definition) is 8. The molecule has 2 amide bonds. The van der Waals surface area contributed by atoms with Gasteiger partial charge in [-0.25, -0.2) is 19.7 Å². The third-order valence-corrected chi connectivity index (χ3v) is 8.53. The summed E-state index contributed by atoms with van der Waals surface area (Å²) in [7, 11) is 1.88. The van der Waals surface area contributed by atoms with E-state index in [1.54, 1.807) is 34.4 Å². The van der Waals surface area contributed by atoms with E-state index in [2.05, 4.69) is 38.8 Å². The lowest BCUT2D eigenvalue weighted by molar-refractivity contribution is 0.242. The second kappa shape index (κ2) is 16.8. The largest absolute Gasteiger partial charge is 0.354 e. The van der Waals surface area contributed by atoms with Gasteiger partial charge in [-0.05, 0) is 42.5 Å². The number of nitrogens with zero attached hydrogens (tertiary/aromatic N) is 9. The SMILES string of the molecule is CCC[C@@H](CCCNc1ncc(C#N)c(-c2cnn(Cc3ccccc3)c2)n1)N(C(=O)NCc1ccccc1)c1ccc(-c2cnn(C)c2)cn1.